The molecule has 0 fully saturated rings. The van der Waals surface area contributed by atoms with Gasteiger partial charge in [0.2, 0.25) is 0 Å². The smallest absolute Gasteiger partial charge is 0.130 e. The molecule has 0 bridgehead atoms. The summed E-state index contributed by atoms with van der Waals surface area (Å²) in [5.74, 6) is 0. The third-order valence-electron chi connectivity index (χ3n) is 3.31. The van der Waals surface area contributed by atoms with Crippen LogP contribution in [0.15, 0.2) is 35.7 Å². The zero-order valence-electron chi connectivity index (χ0n) is 11.7. The van der Waals surface area contributed by atoms with Crippen molar-refractivity contribution in [2.45, 2.75) is 52.6 Å². The largest absolute Gasteiger partial charge is 0.266 e. The molecule has 1 nitrogen and oxygen atoms in total. The van der Waals surface area contributed by atoms with Gasteiger partial charge in [0.05, 0.1) is 0 Å². The highest BCUT2D eigenvalue weighted by atomic mass is 28.3. The second-order valence-corrected chi connectivity index (χ2v) is 9.51. The number of nitrogens with zero attached hydrogens (tertiary/aromatic N) is 1. The van der Waals surface area contributed by atoms with Gasteiger partial charge in [0.15, 0.2) is 0 Å². The van der Waals surface area contributed by atoms with Gasteiger partial charge in [0.1, 0.15) is 8.07 Å². The lowest BCUT2D eigenvalue weighted by atomic mass is 10.2. The van der Waals surface area contributed by atoms with Crippen molar-refractivity contribution >= 4 is 13.4 Å². The number of aromatic nitrogens is 1. The molecule has 0 unspecified atom stereocenters. The maximum atomic E-state index is 4.58. The number of hydrogen-bond acceptors (Lipinski definition) is 1. The molecule has 17 heavy (non-hydrogen) atoms. The second-order valence-electron chi connectivity index (χ2n) is 5.11. The summed E-state index contributed by atoms with van der Waals surface area (Å²) in [6.45, 7) is 9.36. The topological polar surface area (TPSA) is 12.9 Å². The molecule has 0 saturated heterocycles. The van der Waals surface area contributed by atoms with E-state index in [1.807, 2.05) is 12.3 Å². The summed E-state index contributed by atoms with van der Waals surface area (Å²) in [4.78, 5) is 4.58. The van der Waals surface area contributed by atoms with Crippen LogP contribution in [-0.2, 0) is 0 Å². The Morgan fingerprint density at radius 1 is 1.24 bits per heavy atom. The highest BCUT2D eigenvalue weighted by Gasteiger charge is 2.28. The average Bonchev–Trinajstić information content (AvgIpc) is 2.35. The Balaban J connectivity index is 2.99. The molecule has 1 aromatic heterocycles. The number of hydrogen-bond donors (Lipinski definition) is 0. The summed E-state index contributed by atoms with van der Waals surface area (Å²) >= 11 is 0. The molecule has 0 aromatic carbocycles. The van der Waals surface area contributed by atoms with E-state index in [0.29, 0.717) is 0 Å². The second kappa shape index (κ2) is 6.75. The summed E-state index contributed by atoms with van der Waals surface area (Å²) in [5, 5.41) is 2.98. The number of unbranched alkanes of at least 4 members (excludes halogenated alkanes) is 1. The van der Waals surface area contributed by atoms with Crippen LogP contribution in [0.3, 0.4) is 0 Å². The Bertz CT molecular complexity index is 354. The summed E-state index contributed by atoms with van der Waals surface area (Å²) in [7, 11) is -1.52. The van der Waals surface area contributed by atoms with Crippen LogP contribution in [-0.4, -0.2) is 13.1 Å². The van der Waals surface area contributed by atoms with Crippen LogP contribution in [0.5, 0.6) is 0 Å². The van der Waals surface area contributed by atoms with E-state index in [2.05, 4.69) is 50.1 Å². The molecule has 2 heteroatoms. The van der Waals surface area contributed by atoms with E-state index in [0.717, 1.165) is 0 Å². The van der Waals surface area contributed by atoms with Crippen LogP contribution in [0, 0.1) is 0 Å². The van der Waals surface area contributed by atoms with Gasteiger partial charge in [0, 0.05) is 11.5 Å². The van der Waals surface area contributed by atoms with Gasteiger partial charge in [-0.2, -0.15) is 0 Å². The van der Waals surface area contributed by atoms with Gasteiger partial charge in [-0.3, -0.25) is 4.98 Å². The molecule has 0 amide bonds. The zero-order valence-corrected chi connectivity index (χ0v) is 12.7. The van der Waals surface area contributed by atoms with Crippen molar-refractivity contribution < 1.29 is 0 Å². The summed E-state index contributed by atoms with van der Waals surface area (Å²) in [5.41, 5.74) is 0. The molecule has 0 aliphatic carbocycles. The third kappa shape index (κ3) is 3.81. The van der Waals surface area contributed by atoms with E-state index in [1.165, 1.54) is 31.0 Å². The van der Waals surface area contributed by atoms with Crippen molar-refractivity contribution in [3.05, 3.63) is 35.7 Å². The lowest BCUT2D eigenvalue weighted by molar-refractivity contribution is 0.903. The molecule has 1 heterocycles. The van der Waals surface area contributed by atoms with Crippen molar-refractivity contribution in [1.82, 2.24) is 4.98 Å². The van der Waals surface area contributed by atoms with Crippen LogP contribution >= 0.6 is 0 Å². The van der Waals surface area contributed by atoms with Crippen LogP contribution in [0.25, 0.3) is 0 Å². The molecule has 1 aromatic rings. The first-order valence-electron chi connectivity index (χ1n) is 6.74. The van der Waals surface area contributed by atoms with Gasteiger partial charge in [-0.1, -0.05) is 57.1 Å². The fraction of sp³-hybridized carbons (Fsp3) is 0.533. The summed E-state index contributed by atoms with van der Waals surface area (Å²) < 4.78 is 0. The fourth-order valence-corrected chi connectivity index (χ4v) is 4.92. The molecule has 0 atom stereocenters. The maximum Gasteiger partial charge on any atom is 0.130 e. The normalized spacial score (nSPS) is 12.8. The van der Waals surface area contributed by atoms with Crippen LogP contribution in [0.1, 0.15) is 39.5 Å². The molecule has 0 saturated carbocycles. The Morgan fingerprint density at radius 3 is 2.53 bits per heavy atom. The molecule has 0 N–H and O–H groups in total. The Morgan fingerprint density at radius 2 is 2.00 bits per heavy atom. The average molecular weight is 247 g/mol. The van der Waals surface area contributed by atoms with Crippen molar-refractivity contribution in [2.75, 3.05) is 0 Å². The molecule has 0 aliphatic heterocycles. The third-order valence-corrected chi connectivity index (χ3v) is 6.94. The Hall–Kier alpha value is -0.893. The molecule has 94 valence electrons. The van der Waals surface area contributed by atoms with Crippen LogP contribution < -0.4 is 5.32 Å². The summed E-state index contributed by atoms with van der Waals surface area (Å²) in [6.07, 6.45) is 9.31. The Kier molecular flexibility index (Phi) is 5.62. The van der Waals surface area contributed by atoms with E-state index in [4.69, 9.17) is 0 Å². The number of pyridine rings is 1. The quantitative estimate of drug-likeness (QED) is 0.691. The Labute approximate surface area is 107 Å². The monoisotopic (exact) mass is 247 g/mol. The van der Waals surface area contributed by atoms with Gasteiger partial charge >= 0.3 is 0 Å². The first-order chi connectivity index (χ1) is 8.12. The van der Waals surface area contributed by atoms with E-state index >= 15 is 0 Å². The van der Waals surface area contributed by atoms with E-state index in [9.17, 15) is 0 Å². The molecular formula is C15H25NSi. The highest BCUT2D eigenvalue weighted by Crippen LogP contribution is 2.20. The maximum absolute atomic E-state index is 4.58. The minimum Gasteiger partial charge on any atom is -0.266 e. The van der Waals surface area contributed by atoms with E-state index < -0.39 is 8.07 Å². The first-order valence-corrected chi connectivity index (χ1v) is 9.74. The SMILES string of the molecule is CCC/C=C(\CCC)[Si](C)(C)c1ccccn1. The van der Waals surface area contributed by atoms with Gasteiger partial charge in [0.25, 0.3) is 0 Å². The van der Waals surface area contributed by atoms with E-state index in [1.54, 1.807) is 5.20 Å². The van der Waals surface area contributed by atoms with Crippen molar-refractivity contribution in [3.63, 3.8) is 0 Å². The standard InChI is InChI=1S/C15H25NSi/c1-5-7-11-14(10-6-2)17(3,4)15-12-8-9-13-16-15/h8-9,11-13H,5-7,10H2,1-4H3/b14-11+. The number of allylic oxidation sites excluding steroid dienone is 2. The van der Waals surface area contributed by atoms with Crippen LogP contribution in [0.4, 0.5) is 0 Å². The molecule has 0 radical (unpaired) electrons. The van der Waals surface area contributed by atoms with Crippen molar-refractivity contribution in [1.29, 1.82) is 0 Å². The number of rotatable bonds is 6. The highest BCUT2D eigenvalue weighted by molar-refractivity contribution is 6.95. The van der Waals surface area contributed by atoms with E-state index in [-0.39, 0.29) is 0 Å². The van der Waals surface area contributed by atoms with Crippen molar-refractivity contribution in [2.24, 2.45) is 0 Å². The minimum atomic E-state index is -1.52. The predicted octanol–water partition coefficient (Wildman–Crippen LogP) is 4.06. The van der Waals surface area contributed by atoms with Crippen LogP contribution in [0.2, 0.25) is 13.1 Å². The lowest BCUT2D eigenvalue weighted by Gasteiger charge is -2.25. The molecule has 1 rings (SSSR count). The van der Waals surface area contributed by atoms with Gasteiger partial charge in [-0.15, -0.1) is 0 Å². The first kappa shape index (κ1) is 14.2. The summed E-state index contributed by atoms with van der Waals surface area (Å²) in [6, 6.07) is 6.31. The lowest BCUT2D eigenvalue weighted by Crippen LogP contribution is -2.45. The molecule has 0 aliphatic rings. The van der Waals surface area contributed by atoms with Crippen molar-refractivity contribution in [3.8, 4) is 0 Å². The predicted molar refractivity (Wildman–Crippen MR) is 79.3 cm³/mol. The van der Waals surface area contributed by atoms with Gasteiger partial charge < -0.3 is 0 Å². The minimum absolute atomic E-state index is 1.21. The van der Waals surface area contributed by atoms with Gasteiger partial charge in [-0.25, -0.2) is 0 Å². The zero-order chi connectivity index (χ0) is 12.7. The molecular weight excluding hydrogens is 222 g/mol. The fourth-order valence-electron chi connectivity index (χ4n) is 2.15. The molecule has 0 spiro atoms. The van der Waals surface area contributed by atoms with Gasteiger partial charge in [-0.05, 0) is 25.0 Å².